The van der Waals surface area contributed by atoms with Gasteiger partial charge in [0, 0.05) is 52.7 Å². The van der Waals surface area contributed by atoms with Crippen molar-refractivity contribution in [2.75, 3.05) is 45.9 Å². The molecular formula is C29H36Cl2N4O3. The molecule has 3 aliphatic rings. The molecule has 7 nitrogen and oxygen atoms in total. The van der Waals surface area contributed by atoms with E-state index in [1.807, 2.05) is 46.2 Å². The van der Waals surface area contributed by atoms with Gasteiger partial charge in [-0.3, -0.25) is 4.79 Å². The van der Waals surface area contributed by atoms with Gasteiger partial charge >= 0.3 is 6.03 Å². The molecule has 3 heterocycles. The third-order valence-corrected chi connectivity index (χ3v) is 9.34. The standard InChI is InChI=1S/C29H36Cl2N4O3/c1-22(36)34-15-11-29(12-16-34,24-7-8-25(30)26(31)19-24)38-18-17-33-13-9-28(10-14-33)21-32-27(37)35(28)20-23-5-3-2-4-6-23/h2-8,19H,9-18,20-21H2,1H3,(H,32,37). The van der Waals surface area contributed by atoms with Crippen molar-refractivity contribution in [2.45, 2.75) is 50.3 Å². The summed E-state index contributed by atoms with van der Waals surface area (Å²) in [7, 11) is 0. The zero-order valence-corrected chi connectivity index (χ0v) is 23.4. The van der Waals surface area contributed by atoms with E-state index in [4.69, 9.17) is 27.9 Å². The fourth-order valence-corrected chi connectivity index (χ4v) is 6.44. The molecule has 0 aliphatic carbocycles. The van der Waals surface area contributed by atoms with Crippen molar-refractivity contribution in [3.8, 4) is 0 Å². The Balaban J connectivity index is 1.20. The van der Waals surface area contributed by atoms with Crippen molar-refractivity contribution >= 4 is 35.1 Å². The van der Waals surface area contributed by atoms with Crippen LogP contribution in [0, 0.1) is 0 Å². The molecule has 0 unspecified atom stereocenters. The highest BCUT2D eigenvalue weighted by molar-refractivity contribution is 6.42. The molecule has 0 saturated carbocycles. The van der Waals surface area contributed by atoms with Crippen LogP contribution in [0.15, 0.2) is 48.5 Å². The van der Waals surface area contributed by atoms with E-state index in [2.05, 4.69) is 22.3 Å². The van der Waals surface area contributed by atoms with Crippen LogP contribution in [0.3, 0.4) is 0 Å². The highest BCUT2D eigenvalue weighted by Gasteiger charge is 2.47. The van der Waals surface area contributed by atoms with E-state index in [1.54, 1.807) is 6.92 Å². The van der Waals surface area contributed by atoms with E-state index in [9.17, 15) is 9.59 Å². The minimum Gasteiger partial charge on any atom is -0.369 e. The fourth-order valence-electron chi connectivity index (χ4n) is 6.14. The number of nitrogens with zero attached hydrogens (tertiary/aromatic N) is 3. The summed E-state index contributed by atoms with van der Waals surface area (Å²) in [6.07, 6.45) is 3.31. The number of nitrogens with one attached hydrogen (secondary N) is 1. The Morgan fingerprint density at radius 1 is 0.974 bits per heavy atom. The smallest absolute Gasteiger partial charge is 0.318 e. The van der Waals surface area contributed by atoms with Crippen molar-refractivity contribution in [1.82, 2.24) is 20.0 Å². The normalized spacial score (nSPS) is 21.1. The predicted octanol–water partition coefficient (Wildman–Crippen LogP) is 4.91. The van der Waals surface area contributed by atoms with E-state index in [-0.39, 0.29) is 17.5 Å². The Morgan fingerprint density at radius 3 is 2.34 bits per heavy atom. The zero-order chi connectivity index (χ0) is 26.8. The first-order valence-corrected chi connectivity index (χ1v) is 14.2. The summed E-state index contributed by atoms with van der Waals surface area (Å²) in [6, 6.07) is 16.0. The van der Waals surface area contributed by atoms with E-state index in [0.717, 1.165) is 56.4 Å². The second-order valence-electron chi connectivity index (χ2n) is 10.8. The number of hydrogen-bond donors (Lipinski definition) is 1. The van der Waals surface area contributed by atoms with Crippen LogP contribution in [0.4, 0.5) is 4.79 Å². The number of carbonyl (C=O) groups excluding carboxylic acids is 2. The molecule has 3 saturated heterocycles. The molecule has 5 rings (SSSR count). The van der Waals surface area contributed by atoms with Gasteiger partial charge in [-0.15, -0.1) is 0 Å². The molecule has 0 aromatic heterocycles. The van der Waals surface area contributed by atoms with Gasteiger partial charge in [0.2, 0.25) is 5.91 Å². The van der Waals surface area contributed by atoms with E-state index in [1.165, 1.54) is 0 Å². The van der Waals surface area contributed by atoms with E-state index < -0.39 is 5.60 Å². The molecule has 0 atom stereocenters. The van der Waals surface area contributed by atoms with Gasteiger partial charge in [0.1, 0.15) is 0 Å². The lowest BCUT2D eigenvalue weighted by atomic mass is 9.84. The monoisotopic (exact) mass is 558 g/mol. The molecule has 204 valence electrons. The molecule has 1 N–H and O–H groups in total. The van der Waals surface area contributed by atoms with Crippen LogP contribution in [-0.4, -0.2) is 78.1 Å². The first kappa shape index (κ1) is 27.3. The van der Waals surface area contributed by atoms with Crippen LogP contribution in [0.5, 0.6) is 0 Å². The average molecular weight is 560 g/mol. The Bertz CT molecular complexity index is 1150. The molecule has 0 radical (unpaired) electrons. The first-order valence-electron chi connectivity index (χ1n) is 13.5. The molecular weight excluding hydrogens is 523 g/mol. The number of amides is 3. The Labute approximate surface area is 235 Å². The molecule has 38 heavy (non-hydrogen) atoms. The number of halogens is 2. The molecule has 0 bridgehead atoms. The maximum Gasteiger partial charge on any atom is 0.318 e. The minimum absolute atomic E-state index is 0.0334. The van der Waals surface area contributed by atoms with Gasteiger partial charge in [0.15, 0.2) is 0 Å². The van der Waals surface area contributed by atoms with Crippen molar-refractivity contribution in [2.24, 2.45) is 0 Å². The van der Waals surface area contributed by atoms with Crippen molar-refractivity contribution in [1.29, 1.82) is 0 Å². The van der Waals surface area contributed by atoms with Gasteiger partial charge in [-0.1, -0.05) is 59.6 Å². The Morgan fingerprint density at radius 2 is 1.68 bits per heavy atom. The Hall–Kier alpha value is -2.32. The minimum atomic E-state index is -0.495. The van der Waals surface area contributed by atoms with Gasteiger partial charge in [-0.25, -0.2) is 4.79 Å². The van der Waals surface area contributed by atoms with Crippen LogP contribution < -0.4 is 5.32 Å². The third-order valence-electron chi connectivity index (χ3n) is 8.60. The van der Waals surface area contributed by atoms with Gasteiger partial charge in [-0.05, 0) is 48.9 Å². The zero-order valence-electron chi connectivity index (χ0n) is 21.9. The lowest BCUT2D eigenvalue weighted by Crippen LogP contribution is -2.54. The highest BCUT2D eigenvalue weighted by Crippen LogP contribution is 2.39. The van der Waals surface area contributed by atoms with Gasteiger partial charge in [-0.2, -0.15) is 0 Å². The summed E-state index contributed by atoms with van der Waals surface area (Å²) < 4.78 is 6.66. The van der Waals surface area contributed by atoms with Crippen LogP contribution in [0.1, 0.15) is 43.7 Å². The van der Waals surface area contributed by atoms with E-state index >= 15 is 0 Å². The number of carbonyl (C=O) groups is 2. The predicted molar refractivity (Wildman–Crippen MR) is 149 cm³/mol. The maximum absolute atomic E-state index is 12.7. The molecule has 3 fully saturated rings. The van der Waals surface area contributed by atoms with E-state index in [0.29, 0.717) is 42.8 Å². The average Bonchev–Trinajstić information content (AvgIpc) is 3.22. The van der Waals surface area contributed by atoms with Crippen LogP contribution in [-0.2, 0) is 21.7 Å². The number of ether oxygens (including phenoxy) is 1. The van der Waals surface area contributed by atoms with Gasteiger partial charge in [0.25, 0.3) is 0 Å². The van der Waals surface area contributed by atoms with Crippen molar-refractivity contribution in [3.63, 3.8) is 0 Å². The molecule has 3 amide bonds. The number of piperidine rings is 2. The SMILES string of the molecule is CC(=O)N1CCC(OCCN2CCC3(CC2)CNC(=O)N3Cc2ccccc2)(c2ccc(Cl)c(Cl)c2)CC1. The topological polar surface area (TPSA) is 65.1 Å². The molecule has 2 aromatic rings. The summed E-state index contributed by atoms with van der Waals surface area (Å²) >= 11 is 12.6. The second kappa shape index (κ2) is 11.4. The summed E-state index contributed by atoms with van der Waals surface area (Å²) in [5.41, 5.74) is 1.54. The third kappa shape index (κ3) is 5.67. The van der Waals surface area contributed by atoms with Crippen LogP contribution >= 0.6 is 23.2 Å². The lowest BCUT2D eigenvalue weighted by Gasteiger charge is -2.45. The lowest BCUT2D eigenvalue weighted by molar-refractivity contribution is -0.138. The number of urea groups is 1. The summed E-state index contributed by atoms with van der Waals surface area (Å²) in [5.74, 6) is 0.0937. The molecule has 1 spiro atoms. The summed E-state index contributed by atoms with van der Waals surface area (Å²) in [5, 5.41) is 4.13. The fraction of sp³-hybridized carbons (Fsp3) is 0.517. The number of benzene rings is 2. The summed E-state index contributed by atoms with van der Waals surface area (Å²) in [4.78, 5) is 31.0. The summed E-state index contributed by atoms with van der Waals surface area (Å²) in [6.45, 7) is 7.50. The Kier molecular flexibility index (Phi) is 8.19. The van der Waals surface area contributed by atoms with Crippen LogP contribution in [0.2, 0.25) is 10.0 Å². The number of rotatable bonds is 7. The molecule has 9 heteroatoms. The first-order chi connectivity index (χ1) is 18.3. The number of likely N-dealkylation sites (tertiary alicyclic amines) is 2. The van der Waals surface area contributed by atoms with Gasteiger partial charge in [0.05, 0.1) is 27.8 Å². The molecule has 3 aliphatic heterocycles. The van der Waals surface area contributed by atoms with Crippen LogP contribution in [0.25, 0.3) is 0 Å². The highest BCUT2D eigenvalue weighted by atomic mass is 35.5. The maximum atomic E-state index is 12.7. The second-order valence-corrected chi connectivity index (χ2v) is 11.6. The number of hydrogen-bond acceptors (Lipinski definition) is 4. The molecule has 2 aromatic carbocycles. The van der Waals surface area contributed by atoms with Crippen molar-refractivity contribution < 1.29 is 14.3 Å². The quantitative estimate of drug-likeness (QED) is 0.524. The van der Waals surface area contributed by atoms with Gasteiger partial charge < -0.3 is 24.8 Å². The van der Waals surface area contributed by atoms with Crippen molar-refractivity contribution in [3.05, 3.63) is 69.7 Å². The largest absolute Gasteiger partial charge is 0.369 e.